The van der Waals surface area contributed by atoms with E-state index in [9.17, 15) is 9.90 Å². The third kappa shape index (κ3) is 4.54. The molecule has 0 amide bonds. The highest BCUT2D eigenvalue weighted by atomic mass is 16.6. The number of carbonyl (C=O) groups is 1. The maximum atomic E-state index is 11.0. The van der Waals surface area contributed by atoms with E-state index in [4.69, 9.17) is 15.6 Å². The number of nitrogens with zero attached hydrogens (tertiary/aromatic N) is 1. The number of hydrogen-bond donors (Lipinski definition) is 3. The highest BCUT2D eigenvalue weighted by Gasteiger charge is 2.20. The second-order valence-corrected chi connectivity index (χ2v) is 6.66. The van der Waals surface area contributed by atoms with Crippen LogP contribution in [0.4, 0.5) is 0 Å². The van der Waals surface area contributed by atoms with E-state index in [0.29, 0.717) is 0 Å². The fourth-order valence-electron chi connectivity index (χ4n) is 2.57. The van der Waals surface area contributed by atoms with Crippen molar-refractivity contribution in [2.75, 3.05) is 0 Å². The van der Waals surface area contributed by atoms with E-state index in [2.05, 4.69) is 0 Å². The van der Waals surface area contributed by atoms with Crippen molar-refractivity contribution in [2.24, 2.45) is 5.73 Å². The zero-order chi connectivity index (χ0) is 17.2. The minimum Gasteiger partial charge on any atom is -0.480 e. The van der Waals surface area contributed by atoms with Gasteiger partial charge in [-0.25, -0.2) is 0 Å². The third-order valence-electron chi connectivity index (χ3n) is 3.47. The summed E-state index contributed by atoms with van der Waals surface area (Å²) in [6.45, 7) is 5.89. The van der Waals surface area contributed by atoms with E-state index in [0.717, 1.165) is 16.5 Å². The fraction of sp³-hybridized carbons (Fsp3) is 0.471. The lowest BCUT2D eigenvalue weighted by molar-refractivity contribution is -0.171. The lowest BCUT2D eigenvalue weighted by Gasteiger charge is -2.24. The van der Waals surface area contributed by atoms with Crippen LogP contribution >= 0.6 is 0 Å². The highest BCUT2D eigenvalue weighted by molar-refractivity contribution is 5.85. The molecular formula is C17H24N2O4. The number of carboxylic acids is 1. The van der Waals surface area contributed by atoms with Crippen LogP contribution in [0.1, 0.15) is 26.3 Å². The average molecular weight is 320 g/mol. The first-order valence-corrected chi connectivity index (χ1v) is 7.58. The molecule has 2 aromatic rings. The fourth-order valence-corrected chi connectivity index (χ4v) is 2.57. The van der Waals surface area contributed by atoms with Crippen LogP contribution in [0.25, 0.3) is 10.9 Å². The van der Waals surface area contributed by atoms with Gasteiger partial charge in [0.25, 0.3) is 0 Å². The number of aliphatic carboxylic acids is 1. The van der Waals surface area contributed by atoms with Crippen molar-refractivity contribution in [1.82, 2.24) is 4.57 Å². The number of ether oxygens (including phenoxy) is 1. The van der Waals surface area contributed by atoms with E-state index in [1.54, 1.807) is 0 Å². The minimum absolute atomic E-state index is 0.235. The molecule has 0 fully saturated rings. The Balaban J connectivity index is 2.28. The number of para-hydroxylation sites is 1. The molecule has 2 atom stereocenters. The van der Waals surface area contributed by atoms with E-state index < -0.39 is 23.9 Å². The normalized spacial score (nSPS) is 14.8. The summed E-state index contributed by atoms with van der Waals surface area (Å²) in [6.07, 6.45) is 1.12. The molecule has 1 aromatic carbocycles. The lowest BCUT2D eigenvalue weighted by atomic mass is 10.1. The summed E-state index contributed by atoms with van der Waals surface area (Å²) < 4.78 is 7.41. The molecule has 126 valence electrons. The minimum atomic E-state index is -1.03. The number of hydrogen-bond acceptors (Lipinski definition) is 4. The molecule has 0 aliphatic heterocycles. The van der Waals surface area contributed by atoms with Crippen molar-refractivity contribution in [2.45, 2.75) is 51.7 Å². The molecule has 0 radical (unpaired) electrons. The molecule has 1 heterocycles. The van der Waals surface area contributed by atoms with E-state index >= 15 is 0 Å². The summed E-state index contributed by atoms with van der Waals surface area (Å²) in [6, 6.07) is 6.69. The van der Waals surface area contributed by atoms with Crippen molar-refractivity contribution in [3.05, 3.63) is 36.0 Å². The standard InChI is InChI=1S/C17H24N2O4/c1-17(2,3)23-15(20)10-19-9-11(8-13(18)16(21)22)12-6-4-5-7-14(12)19/h4-7,9,13,15,20H,8,10,18H2,1-3H3,(H,21,22)/t13-,15?/m0/s1. The largest absolute Gasteiger partial charge is 0.480 e. The number of aromatic nitrogens is 1. The Kier molecular flexibility index (Phi) is 5.09. The molecule has 2 rings (SSSR count). The van der Waals surface area contributed by atoms with Crippen molar-refractivity contribution < 1.29 is 19.7 Å². The average Bonchev–Trinajstić information content (AvgIpc) is 2.75. The van der Waals surface area contributed by atoms with Crippen LogP contribution in [0.3, 0.4) is 0 Å². The Morgan fingerprint density at radius 3 is 2.61 bits per heavy atom. The summed E-state index contributed by atoms with van der Waals surface area (Å²) in [5.41, 5.74) is 6.96. The molecule has 6 heteroatoms. The number of aliphatic hydroxyl groups excluding tert-OH is 1. The number of benzene rings is 1. The maximum absolute atomic E-state index is 11.0. The first-order valence-electron chi connectivity index (χ1n) is 7.58. The Morgan fingerprint density at radius 1 is 1.35 bits per heavy atom. The Labute approximate surface area is 135 Å². The van der Waals surface area contributed by atoms with Crippen LogP contribution < -0.4 is 5.73 Å². The van der Waals surface area contributed by atoms with Gasteiger partial charge in [-0.05, 0) is 32.4 Å². The molecule has 23 heavy (non-hydrogen) atoms. The monoisotopic (exact) mass is 320 g/mol. The van der Waals surface area contributed by atoms with Crippen LogP contribution in [0.5, 0.6) is 0 Å². The Bertz CT molecular complexity index is 687. The molecule has 1 unspecified atom stereocenters. The van der Waals surface area contributed by atoms with Gasteiger partial charge in [0.05, 0.1) is 12.1 Å². The van der Waals surface area contributed by atoms with Crippen molar-refractivity contribution in [3.8, 4) is 0 Å². The summed E-state index contributed by atoms with van der Waals surface area (Å²) in [7, 11) is 0. The van der Waals surface area contributed by atoms with Gasteiger partial charge in [0, 0.05) is 23.5 Å². The van der Waals surface area contributed by atoms with Gasteiger partial charge in [-0.1, -0.05) is 18.2 Å². The SMILES string of the molecule is CC(C)(C)OC(O)Cn1cc(C[C@H](N)C(=O)O)c2ccccc21. The molecule has 0 aliphatic rings. The van der Waals surface area contributed by atoms with Crippen LogP contribution in [0.2, 0.25) is 0 Å². The predicted molar refractivity (Wildman–Crippen MR) is 88.1 cm³/mol. The zero-order valence-electron chi connectivity index (χ0n) is 13.7. The van der Waals surface area contributed by atoms with Gasteiger partial charge in [0.15, 0.2) is 6.29 Å². The predicted octanol–water partition coefficient (Wildman–Crippen LogP) is 1.73. The van der Waals surface area contributed by atoms with E-state index in [1.807, 2.05) is 55.8 Å². The maximum Gasteiger partial charge on any atom is 0.320 e. The van der Waals surface area contributed by atoms with Crippen molar-refractivity contribution in [1.29, 1.82) is 0 Å². The van der Waals surface area contributed by atoms with Crippen molar-refractivity contribution >= 4 is 16.9 Å². The topological polar surface area (TPSA) is 97.7 Å². The molecule has 0 saturated heterocycles. The van der Waals surface area contributed by atoms with Gasteiger partial charge < -0.3 is 25.3 Å². The van der Waals surface area contributed by atoms with E-state index in [1.165, 1.54) is 0 Å². The summed E-state index contributed by atoms with van der Waals surface area (Å²) in [5.74, 6) is -1.03. The van der Waals surface area contributed by atoms with Gasteiger partial charge >= 0.3 is 5.97 Å². The Morgan fingerprint density at radius 2 is 2.00 bits per heavy atom. The summed E-state index contributed by atoms with van der Waals surface area (Å²) in [4.78, 5) is 11.0. The van der Waals surface area contributed by atoms with Crippen LogP contribution in [-0.4, -0.2) is 38.7 Å². The number of aliphatic hydroxyl groups is 1. The number of nitrogens with two attached hydrogens (primary N) is 1. The molecule has 0 bridgehead atoms. The van der Waals surface area contributed by atoms with Gasteiger partial charge in [-0.15, -0.1) is 0 Å². The summed E-state index contributed by atoms with van der Waals surface area (Å²) >= 11 is 0. The lowest BCUT2D eigenvalue weighted by Crippen LogP contribution is -2.32. The first-order chi connectivity index (χ1) is 10.7. The molecule has 0 aliphatic carbocycles. The highest BCUT2D eigenvalue weighted by Crippen LogP contribution is 2.23. The first kappa shape index (κ1) is 17.5. The third-order valence-corrected chi connectivity index (χ3v) is 3.47. The Hall–Kier alpha value is -1.89. The second kappa shape index (κ2) is 6.70. The molecule has 4 N–H and O–H groups in total. The zero-order valence-corrected chi connectivity index (χ0v) is 13.7. The second-order valence-electron chi connectivity index (χ2n) is 6.66. The van der Waals surface area contributed by atoms with Gasteiger partial charge in [-0.3, -0.25) is 4.79 Å². The quantitative estimate of drug-likeness (QED) is 0.704. The molecule has 1 aromatic heterocycles. The van der Waals surface area contributed by atoms with Crippen LogP contribution in [0.15, 0.2) is 30.5 Å². The van der Waals surface area contributed by atoms with Crippen LogP contribution in [-0.2, 0) is 22.5 Å². The van der Waals surface area contributed by atoms with Crippen LogP contribution in [0, 0.1) is 0 Å². The van der Waals surface area contributed by atoms with Gasteiger partial charge in [0.2, 0.25) is 0 Å². The number of fused-ring (bicyclic) bond motifs is 1. The van der Waals surface area contributed by atoms with Gasteiger partial charge in [0.1, 0.15) is 6.04 Å². The molecule has 0 saturated carbocycles. The van der Waals surface area contributed by atoms with E-state index in [-0.39, 0.29) is 13.0 Å². The molecule has 6 nitrogen and oxygen atoms in total. The number of carboxylic acid groups (broad SMARTS) is 1. The smallest absolute Gasteiger partial charge is 0.320 e. The molecular weight excluding hydrogens is 296 g/mol. The number of rotatable bonds is 6. The summed E-state index contributed by atoms with van der Waals surface area (Å²) in [5, 5.41) is 20.1. The molecule has 0 spiro atoms. The van der Waals surface area contributed by atoms with Crippen molar-refractivity contribution in [3.63, 3.8) is 0 Å². The van der Waals surface area contributed by atoms with Gasteiger partial charge in [-0.2, -0.15) is 0 Å².